The highest BCUT2D eigenvalue weighted by atomic mass is 16.6. The minimum atomic E-state index is -0.864. The standard InChI is InChI=1S/C17H28N4O6/c1-16(2,3)26-14(23)20-10-7-11(21-15(24)27-17(4,5)6)12(8-10)25-13(22)9-19-18/h9-12H,7-8H2,1-6H3,(H,20,23)(H,21,24)/t10-,11+,12+/m0/s1. The summed E-state index contributed by atoms with van der Waals surface area (Å²) in [6.45, 7) is 10.4. The largest absolute Gasteiger partial charge is 0.452 e. The molecule has 0 heterocycles. The summed E-state index contributed by atoms with van der Waals surface area (Å²) in [7, 11) is 0. The third-order valence-corrected chi connectivity index (χ3v) is 3.36. The summed E-state index contributed by atoms with van der Waals surface area (Å²) in [5.74, 6) is -0.864. The molecule has 0 aromatic heterocycles. The van der Waals surface area contributed by atoms with Gasteiger partial charge in [0, 0.05) is 12.5 Å². The number of nitrogens with zero attached hydrogens (tertiary/aromatic N) is 2. The van der Waals surface area contributed by atoms with Crippen molar-refractivity contribution < 1.29 is 33.4 Å². The Balaban J connectivity index is 2.77. The lowest BCUT2D eigenvalue weighted by Crippen LogP contribution is -2.44. The SMILES string of the molecule is CC(C)(C)OC(=O)N[C@H]1C[C@@H](NC(=O)OC(C)(C)C)[C@H](OC(=O)C=[N+]=[N-])C1. The second kappa shape index (κ2) is 8.85. The molecule has 0 bridgehead atoms. The molecular formula is C17H28N4O6. The van der Waals surface area contributed by atoms with Crippen LogP contribution in [0.3, 0.4) is 0 Å². The van der Waals surface area contributed by atoms with Crippen LogP contribution in [0.25, 0.3) is 5.53 Å². The Hall–Kier alpha value is -2.61. The molecule has 0 aliphatic heterocycles. The number of carbonyl (C=O) groups excluding carboxylic acids is 3. The maximum atomic E-state index is 12.0. The van der Waals surface area contributed by atoms with Gasteiger partial charge in [0.05, 0.1) is 6.04 Å². The average Bonchev–Trinajstić information content (AvgIpc) is 2.75. The van der Waals surface area contributed by atoms with Crippen molar-refractivity contribution in [1.29, 1.82) is 0 Å². The van der Waals surface area contributed by atoms with Crippen molar-refractivity contribution in [3.63, 3.8) is 0 Å². The molecule has 2 amide bonds. The molecular weight excluding hydrogens is 356 g/mol. The van der Waals surface area contributed by atoms with Gasteiger partial charge in [-0.15, -0.1) is 0 Å². The first-order valence-corrected chi connectivity index (χ1v) is 8.66. The van der Waals surface area contributed by atoms with Crippen LogP contribution in [0, 0.1) is 0 Å². The third kappa shape index (κ3) is 9.05. The predicted molar refractivity (Wildman–Crippen MR) is 95.1 cm³/mol. The van der Waals surface area contributed by atoms with Gasteiger partial charge in [-0.2, -0.15) is 4.79 Å². The zero-order chi connectivity index (χ0) is 20.8. The van der Waals surface area contributed by atoms with Crippen molar-refractivity contribution in [1.82, 2.24) is 10.6 Å². The van der Waals surface area contributed by atoms with E-state index >= 15 is 0 Å². The van der Waals surface area contributed by atoms with Crippen LogP contribution >= 0.6 is 0 Å². The summed E-state index contributed by atoms with van der Waals surface area (Å²) >= 11 is 0. The van der Waals surface area contributed by atoms with Crippen LogP contribution in [0.2, 0.25) is 0 Å². The molecule has 1 aliphatic rings. The second-order valence-electron chi connectivity index (χ2n) is 8.29. The lowest BCUT2D eigenvalue weighted by Gasteiger charge is -2.24. The fourth-order valence-electron chi connectivity index (χ4n) is 2.56. The number of esters is 1. The van der Waals surface area contributed by atoms with Crippen molar-refractivity contribution in [3.05, 3.63) is 5.53 Å². The second-order valence-corrected chi connectivity index (χ2v) is 8.29. The normalized spacial score (nSPS) is 22.2. The Bertz CT molecular complexity index is 616. The van der Waals surface area contributed by atoms with Crippen molar-refractivity contribution in [3.8, 4) is 0 Å². The molecule has 0 unspecified atom stereocenters. The predicted octanol–water partition coefficient (Wildman–Crippen LogP) is 1.78. The Morgan fingerprint density at radius 2 is 1.48 bits per heavy atom. The molecule has 1 fully saturated rings. The van der Waals surface area contributed by atoms with E-state index in [0.717, 1.165) is 0 Å². The van der Waals surface area contributed by atoms with Gasteiger partial charge in [0.2, 0.25) is 0 Å². The van der Waals surface area contributed by atoms with Gasteiger partial charge in [0.25, 0.3) is 0 Å². The van der Waals surface area contributed by atoms with Gasteiger partial charge < -0.3 is 30.4 Å². The zero-order valence-electron chi connectivity index (χ0n) is 16.6. The summed E-state index contributed by atoms with van der Waals surface area (Å²) in [5, 5.41) is 5.34. The monoisotopic (exact) mass is 384 g/mol. The number of amides is 2. The number of alkyl carbamates (subject to hydrolysis) is 2. The van der Waals surface area contributed by atoms with Gasteiger partial charge in [0.1, 0.15) is 17.3 Å². The highest BCUT2D eigenvalue weighted by Gasteiger charge is 2.40. The van der Waals surface area contributed by atoms with E-state index in [1.54, 1.807) is 41.5 Å². The quantitative estimate of drug-likeness (QED) is 0.249. The van der Waals surface area contributed by atoms with Crippen LogP contribution in [0.5, 0.6) is 0 Å². The Morgan fingerprint density at radius 3 is 1.96 bits per heavy atom. The van der Waals surface area contributed by atoms with Gasteiger partial charge >= 0.3 is 24.4 Å². The van der Waals surface area contributed by atoms with Gasteiger partial charge in [-0.25, -0.2) is 14.4 Å². The van der Waals surface area contributed by atoms with Gasteiger partial charge in [-0.05, 0) is 48.0 Å². The Kier molecular flexibility index (Phi) is 7.36. The van der Waals surface area contributed by atoms with Gasteiger partial charge in [-0.1, -0.05) is 0 Å². The summed E-state index contributed by atoms with van der Waals surface area (Å²) < 4.78 is 15.6. The fraction of sp³-hybridized carbons (Fsp3) is 0.765. The van der Waals surface area contributed by atoms with E-state index in [9.17, 15) is 14.4 Å². The molecule has 1 rings (SSSR count). The summed E-state index contributed by atoms with van der Waals surface area (Å²) in [6, 6.07) is -0.973. The first-order chi connectivity index (χ1) is 12.3. The van der Waals surface area contributed by atoms with Crippen LogP contribution in [0.15, 0.2) is 0 Å². The number of carbonyl (C=O) groups is 3. The molecule has 0 aromatic rings. The number of hydrogen-bond acceptors (Lipinski definition) is 6. The van der Waals surface area contributed by atoms with Crippen molar-refractivity contribution >= 4 is 24.4 Å². The van der Waals surface area contributed by atoms with E-state index in [1.165, 1.54) is 0 Å². The van der Waals surface area contributed by atoms with Crippen LogP contribution < -0.4 is 10.6 Å². The molecule has 1 saturated carbocycles. The Labute approximate surface area is 158 Å². The molecule has 152 valence electrons. The van der Waals surface area contributed by atoms with Gasteiger partial charge in [-0.3, -0.25) is 0 Å². The van der Waals surface area contributed by atoms with Crippen molar-refractivity contribution in [2.75, 3.05) is 0 Å². The maximum Gasteiger partial charge on any atom is 0.413 e. The van der Waals surface area contributed by atoms with Crippen molar-refractivity contribution in [2.45, 2.75) is 83.8 Å². The van der Waals surface area contributed by atoms with E-state index in [4.69, 9.17) is 19.7 Å². The highest BCUT2D eigenvalue weighted by molar-refractivity contribution is 6.20. The summed E-state index contributed by atoms with van der Waals surface area (Å²) in [4.78, 5) is 38.2. The van der Waals surface area contributed by atoms with E-state index in [2.05, 4.69) is 15.4 Å². The molecule has 3 atom stereocenters. The van der Waals surface area contributed by atoms with Gasteiger partial charge in [0.15, 0.2) is 0 Å². The van der Waals surface area contributed by atoms with E-state index in [-0.39, 0.29) is 12.5 Å². The number of hydrogen-bond donors (Lipinski definition) is 2. The Morgan fingerprint density at radius 1 is 0.963 bits per heavy atom. The maximum absolute atomic E-state index is 12.0. The summed E-state index contributed by atoms with van der Waals surface area (Å²) in [5.41, 5.74) is 7.09. The van der Waals surface area contributed by atoms with E-state index in [1.807, 2.05) is 0 Å². The molecule has 0 aromatic carbocycles. The third-order valence-electron chi connectivity index (χ3n) is 3.36. The average molecular weight is 384 g/mol. The smallest absolute Gasteiger partial charge is 0.413 e. The fourth-order valence-corrected chi connectivity index (χ4v) is 2.56. The van der Waals surface area contributed by atoms with Crippen LogP contribution in [0.4, 0.5) is 9.59 Å². The molecule has 2 N–H and O–H groups in total. The van der Waals surface area contributed by atoms with E-state index < -0.39 is 41.5 Å². The molecule has 10 heteroatoms. The first-order valence-electron chi connectivity index (χ1n) is 8.66. The lowest BCUT2D eigenvalue weighted by molar-refractivity contribution is -0.144. The minimum Gasteiger partial charge on any atom is -0.452 e. The van der Waals surface area contributed by atoms with Crippen molar-refractivity contribution in [2.24, 2.45) is 0 Å². The van der Waals surface area contributed by atoms with E-state index in [0.29, 0.717) is 12.6 Å². The minimum absolute atomic E-state index is 0.255. The molecule has 10 nitrogen and oxygen atoms in total. The first kappa shape index (κ1) is 22.4. The summed E-state index contributed by atoms with van der Waals surface area (Å²) in [6.07, 6.45) is -0.825. The van der Waals surface area contributed by atoms with Crippen LogP contribution in [-0.4, -0.2) is 58.6 Å². The molecule has 0 spiro atoms. The topological polar surface area (TPSA) is 139 Å². The highest BCUT2D eigenvalue weighted by Crippen LogP contribution is 2.24. The number of rotatable bonds is 4. The number of ether oxygens (including phenoxy) is 3. The lowest BCUT2D eigenvalue weighted by atomic mass is 10.2. The number of nitrogens with one attached hydrogen (secondary N) is 2. The molecule has 0 saturated heterocycles. The molecule has 27 heavy (non-hydrogen) atoms. The van der Waals surface area contributed by atoms with Crippen LogP contribution in [-0.2, 0) is 19.0 Å². The zero-order valence-corrected chi connectivity index (χ0v) is 16.6. The van der Waals surface area contributed by atoms with Crippen LogP contribution in [0.1, 0.15) is 54.4 Å². The molecule has 1 aliphatic carbocycles. The molecule has 0 radical (unpaired) electrons.